The Hall–Kier alpha value is -1.60. The van der Waals surface area contributed by atoms with Crippen LogP contribution in [0.4, 0.5) is 0 Å². The van der Waals surface area contributed by atoms with Gasteiger partial charge in [-0.05, 0) is 53.3 Å². The molecule has 0 bridgehead atoms. The van der Waals surface area contributed by atoms with Gasteiger partial charge >= 0.3 is 0 Å². The van der Waals surface area contributed by atoms with Crippen molar-refractivity contribution in [3.63, 3.8) is 0 Å². The van der Waals surface area contributed by atoms with Crippen molar-refractivity contribution in [2.45, 2.75) is 40.2 Å². The molecule has 0 atom stereocenters. The third kappa shape index (κ3) is 3.49. The Morgan fingerprint density at radius 2 is 1.70 bits per heavy atom. The van der Waals surface area contributed by atoms with Gasteiger partial charge in [0, 0.05) is 6.54 Å². The minimum Gasteiger partial charge on any atom is -0.313 e. The van der Waals surface area contributed by atoms with Gasteiger partial charge in [-0.15, -0.1) is 0 Å². The van der Waals surface area contributed by atoms with E-state index < -0.39 is 0 Å². The Balaban J connectivity index is 2.39. The van der Waals surface area contributed by atoms with E-state index in [1.807, 2.05) is 0 Å². The zero-order valence-electron chi connectivity index (χ0n) is 12.9. The fraction of sp³-hybridized carbons (Fsp3) is 0.368. The van der Waals surface area contributed by atoms with Crippen molar-refractivity contribution < 1.29 is 0 Å². The van der Waals surface area contributed by atoms with Gasteiger partial charge in [0.2, 0.25) is 0 Å². The first-order valence-electron chi connectivity index (χ1n) is 7.70. The Bertz CT molecular complexity index is 557. The van der Waals surface area contributed by atoms with Crippen molar-refractivity contribution in [2.75, 3.05) is 6.54 Å². The van der Waals surface area contributed by atoms with Crippen LogP contribution < -0.4 is 5.32 Å². The molecule has 2 rings (SSSR count). The van der Waals surface area contributed by atoms with E-state index in [2.05, 4.69) is 68.6 Å². The Labute approximate surface area is 123 Å². The second kappa shape index (κ2) is 7.25. The predicted octanol–water partition coefficient (Wildman–Crippen LogP) is 4.59. The van der Waals surface area contributed by atoms with E-state index in [0.717, 1.165) is 25.9 Å². The molecule has 106 valence electrons. The van der Waals surface area contributed by atoms with Gasteiger partial charge in [-0.3, -0.25) is 0 Å². The minimum atomic E-state index is 0.944. The third-order valence-corrected chi connectivity index (χ3v) is 3.78. The van der Waals surface area contributed by atoms with Gasteiger partial charge in [-0.1, -0.05) is 57.2 Å². The first-order valence-corrected chi connectivity index (χ1v) is 7.70. The van der Waals surface area contributed by atoms with E-state index in [9.17, 15) is 0 Å². The average Bonchev–Trinajstić information content (AvgIpc) is 2.52. The van der Waals surface area contributed by atoms with E-state index >= 15 is 0 Å². The number of aryl methyl sites for hydroxylation is 2. The highest BCUT2D eigenvalue weighted by Gasteiger charge is 2.06. The van der Waals surface area contributed by atoms with Crippen LogP contribution >= 0.6 is 0 Å². The standard InChI is InChI=1S/C19H25N/c1-4-15-10-11-17(5-2)19(13-15)18-9-7-8-16(12-18)14-20-6-3/h7-13,20H,4-6,14H2,1-3H3. The Morgan fingerprint density at radius 1 is 0.850 bits per heavy atom. The largest absolute Gasteiger partial charge is 0.313 e. The molecule has 0 aromatic heterocycles. The summed E-state index contributed by atoms with van der Waals surface area (Å²) in [5.41, 5.74) is 6.93. The lowest BCUT2D eigenvalue weighted by Crippen LogP contribution is -2.11. The number of nitrogens with one attached hydrogen (secondary N) is 1. The van der Waals surface area contributed by atoms with Crippen molar-refractivity contribution in [1.82, 2.24) is 5.32 Å². The van der Waals surface area contributed by atoms with E-state index in [4.69, 9.17) is 0 Å². The summed E-state index contributed by atoms with van der Waals surface area (Å²) in [6.07, 6.45) is 2.17. The van der Waals surface area contributed by atoms with Crippen LogP contribution in [0.1, 0.15) is 37.5 Å². The van der Waals surface area contributed by atoms with Crippen LogP contribution in [0.5, 0.6) is 0 Å². The number of benzene rings is 2. The molecule has 0 fully saturated rings. The molecule has 0 saturated carbocycles. The van der Waals surface area contributed by atoms with Crippen LogP contribution in [0.2, 0.25) is 0 Å². The number of hydrogen-bond donors (Lipinski definition) is 1. The summed E-state index contributed by atoms with van der Waals surface area (Å²) in [7, 11) is 0. The SMILES string of the molecule is CCNCc1cccc(-c2cc(CC)ccc2CC)c1. The Morgan fingerprint density at radius 3 is 2.40 bits per heavy atom. The molecule has 1 heteroatoms. The van der Waals surface area contributed by atoms with Gasteiger partial charge in [0.25, 0.3) is 0 Å². The molecule has 0 aliphatic rings. The normalized spacial score (nSPS) is 10.8. The molecule has 1 nitrogen and oxygen atoms in total. The minimum absolute atomic E-state index is 0.944. The van der Waals surface area contributed by atoms with Crippen LogP contribution in [-0.4, -0.2) is 6.54 Å². The highest BCUT2D eigenvalue weighted by atomic mass is 14.8. The second-order valence-electron chi connectivity index (χ2n) is 5.18. The molecule has 2 aromatic rings. The summed E-state index contributed by atoms with van der Waals surface area (Å²) >= 11 is 0. The van der Waals surface area contributed by atoms with Crippen LogP contribution in [0.25, 0.3) is 11.1 Å². The maximum absolute atomic E-state index is 3.39. The summed E-state index contributed by atoms with van der Waals surface area (Å²) in [6.45, 7) is 8.54. The van der Waals surface area contributed by atoms with E-state index in [1.54, 1.807) is 0 Å². The van der Waals surface area contributed by atoms with Crippen LogP contribution in [-0.2, 0) is 19.4 Å². The lowest BCUT2D eigenvalue weighted by molar-refractivity contribution is 0.727. The average molecular weight is 267 g/mol. The quantitative estimate of drug-likeness (QED) is 0.807. The maximum Gasteiger partial charge on any atom is 0.0205 e. The first-order chi connectivity index (χ1) is 9.78. The second-order valence-corrected chi connectivity index (χ2v) is 5.18. The first kappa shape index (κ1) is 14.8. The van der Waals surface area contributed by atoms with Crippen LogP contribution in [0, 0.1) is 0 Å². The van der Waals surface area contributed by atoms with Crippen molar-refractivity contribution in [2.24, 2.45) is 0 Å². The molecule has 0 heterocycles. The van der Waals surface area contributed by atoms with Gasteiger partial charge in [0.15, 0.2) is 0 Å². The lowest BCUT2D eigenvalue weighted by Gasteiger charge is -2.12. The molecule has 0 amide bonds. The van der Waals surface area contributed by atoms with Crippen LogP contribution in [0.3, 0.4) is 0 Å². The number of rotatable bonds is 6. The van der Waals surface area contributed by atoms with E-state index in [-0.39, 0.29) is 0 Å². The molecule has 0 radical (unpaired) electrons. The summed E-state index contributed by atoms with van der Waals surface area (Å²) in [5, 5.41) is 3.39. The van der Waals surface area contributed by atoms with Crippen molar-refractivity contribution in [3.05, 3.63) is 59.2 Å². The van der Waals surface area contributed by atoms with Crippen molar-refractivity contribution in [3.8, 4) is 11.1 Å². The van der Waals surface area contributed by atoms with E-state index in [1.165, 1.54) is 27.8 Å². The van der Waals surface area contributed by atoms with Crippen molar-refractivity contribution >= 4 is 0 Å². The molecule has 0 unspecified atom stereocenters. The molecule has 0 spiro atoms. The molecular formula is C19H25N. The highest BCUT2D eigenvalue weighted by molar-refractivity contribution is 5.69. The van der Waals surface area contributed by atoms with Gasteiger partial charge in [-0.2, -0.15) is 0 Å². The topological polar surface area (TPSA) is 12.0 Å². The smallest absolute Gasteiger partial charge is 0.0205 e. The van der Waals surface area contributed by atoms with Gasteiger partial charge in [0.1, 0.15) is 0 Å². The van der Waals surface area contributed by atoms with Gasteiger partial charge in [0.05, 0.1) is 0 Å². The molecular weight excluding hydrogens is 242 g/mol. The number of hydrogen-bond acceptors (Lipinski definition) is 1. The lowest BCUT2D eigenvalue weighted by atomic mass is 9.94. The summed E-state index contributed by atoms with van der Waals surface area (Å²) in [4.78, 5) is 0. The van der Waals surface area contributed by atoms with E-state index in [0.29, 0.717) is 0 Å². The third-order valence-electron chi connectivity index (χ3n) is 3.78. The zero-order chi connectivity index (χ0) is 14.4. The zero-order valence-corrected chi connectivity index (χ0v) is 12.9. The molecule has 0 saturated heterocycles. The molecule has 0 aliphatic carbocycles. The molecule has 1 N–H and O–H groups in total. The Kier molecular flexibility index (Phi) is 5.37. The summed E-state index contributed by atoms with van der Waals surface area (Å²) < 4.78 is 0. The van der Waals surface area contributed by atoms with Gasteiger partial charge in [-0.25, -0.2) is 0 Å². The van der Waals surface area contributed by atoms with Crippen molar-refractivity contribution in [1.29, 1.82) is 0 Å². The highest BCUT2D eigenvalue weighted by Crippen LogP contribution is 2.26. The fourth-order valence-corrected chi connectivity index (χ4v) is 2.54. The monoisotopic (exact) mass is 267 g/mol. The maximum atomic E-state index is 3.39. The van der Waals surface area contributed by atoms with Crippen LogP contribution in [0.15, 0.2) is 42.5 Å². The fourth-order valence-electron chi connectivity index (χ4n) is 2.54. The molecule has 0 aliphatic heterocycles. The van der Waals surface area contributed by atoms with Gasteiger partial charge < -0.3 is 5.32 Å². The molecule has 2 aromatic carbocycles. The molecule has 20 heavy (non-hydrogen) atoms. The summed E-state index contributed by atoms with van der Waals surface area (Å²) in [6, 6.07) is 15.8. The predicted molar refractivity (Wildman–Crippen MR) is 88.0 cm³/mol. The summed E-state index contributed by atoms with van der Waals surface area (Å²) in [5.74, 6) is 0.